The highest BCUT2D eigenvalue weighted by Crippen LogP contribution is 2.40. The van der Waals surface area contributed by atoms with E-state index in [1.807, 2.05) is 54.6 Å². The third-order valence-corrected chi connectivity index (χ3v) is 4.05. The van der Waals surface area contributed by atoms with E-state index < -0.39 is 5.78 Å². The van der Waals surface area contributed by atoms with E-state index in [-0.39, 0.29) is 28.6 Å². The Labute approximate surface area is 144 Å². The SMILES string of the molecule is O=C1/C(=C/c2ccc(-c3ccccc3)cc2)Oc2cc(O)cc(O)c21. The van der Waals surface area contributed by atoms with Gasteiger partial charge in [-0.25, -0.2) is 0 Å². The van der Waals surface area contributed by atoms with Crippen molar-refractivity contribution in [2.24, 2.45) is 0 Å². The van der Waals surface area contributed by atoms with Gasteiger partial charge in [-0.3, -0.25) is 4.79 Å². The Hall–Kier alpha value is -3.53. The number of benzene rings is 3. The molecule has 2 N–H and O–H groups in total. The summed E-state index contributed by atoms with van der Waals surface area (Å²) in [7, 11) is 0. The number of phenolic OH excluding ortho intramolecular Hbond substituents is 2. The Morgan fingerprint density at radius 3 is 2.24 bits per heavy atom. The van der Waals surface area contributed by atoms with Gasteiger partial charge in [-0.2, -0.15) is 0 Å². The summed E-state index contributed by atoms with van der Waals surface area (Å²) < 4.78 is 5.49. The summed E-state index contributed by atoms with van der Waals surface area (Å²) in [4.78, 5) is 12.4. The van der Waals surface area contributed by atoms with Gasteiger partial charge < -0.3 is 14.9 Å². The van der Waals surface area contributed by atoms with Gasteiger partial charge >= 0.3 is 0 Å². The lowest BCUT2D eigenvalue weighted by atomic mass is 10.0. The van der Waals surface area contributed by atoms with Gasteiger partial charge in [-0.1, -0.05) is 54.6 Å². The van der Waals surface area contributed by atoms with Crippen molar-refractivity contribution in [2.75, 3.05) is 0 Å². The zero-order valence-corrected chi connectivity index (χ0v) is 13.1. The molecule has 4 heteroatoms. The first-order valence-corrected chi connectivity index (χ1v) is 7.77. The quantitative estimate of drug-likeness (QED) is 0.684. The van der Waals surface area contributed by atoms with Gasteiger partial charge in [0.1, 0.15) is 22.8 Å². The molecule has 1 heterocycles. The zero-order chi connectivity index (χ0) is 17.4. The summed E-state index contributed by atoms with van der Waals surface area (Å²) in [6.45, 7) is 0. The molecule has 0 saturated heterocycles. The van der Waals surface area contributed by atoms with Crippen LogP contribution in [0.5, 0.6) is 17.2 Å². The summed E-state index contributed by atoms with van der Waals surface area (Å²) >= 11 is 0. The molecule has 0 spiro atoms. The van der Waals surface area contributed by atoms with Crippen LogP contribution in [-0.2, 0) is 0 Å². The van der Waals surface area contributed by atoms with Crippen molar-refractivity contribution in [3.05, 3.63) is 83.6 Å². The van der Waals surface area contributed by atoms with Gasteiger partial charge in [0.15, 0.2) is 5.76 Å². The van der Waals surface area contributed by atoms with E-state index in [0.717, 1.165) is 22.8 Å². The number of ketones is 1. The van der Waals surface area contributed by atoms with E-state index in [9.17, 15) is 15.0 Å². The standard InChI is InChI=1S/C21H14O4/c22-16-11-17(23)20-18(12-16)25-19(21(20)24)10-13-6-8-15(9-7-13)14-4-2-1-3-5-14/h1-12,22-23H/b19-10-. The van der Waals surface area contributed by atoms with E-state index in [0.29, 0.717) is 0 Å². The topological polar surface area (TPSA) is 66.8 Å². The lowest BCUT2D eigenvalue weighted by molar-refractivity contribution is 0.101. The second-order valence-electron chi connectivity index (χ2n) is 5.77. The molecule has 0 bridgehead atoms. The van der Waals surface area contributed by atoms with Crippen LogP contribution in [0.3, 0.4) is 0 Å². The van der Waals surface area contributed by atoms with Crippen molar-refractivity contribution in [3.8, 4) is 28.4 Å². The maximum atomic E-state index is 12.4. The van der Waals surface area contributed by atoms with Crippen molar-refractivity contribution in [3.63, 3.8) is 0 Å². The fourth-order valence-electron chi connectivity index (χ4n) is 2.83. The predicted octanol–water partition coefficient (Wildman–Crippen LogP) is 4.38. The minimum absolute atomic E-state index is 0.0740. The highest BCUT2D eigenvalue weighted by molar-refractivity contribution is 6.16. The number of phenols is 2. The third kappa shape index (κ3) is 2.74. The van der Waals surface area contributed by atoms with Gasteiger partial charge in [-0.15, -0.1) is 0 Å². The first-order valence-electron chi connectivity index (χ1n) is 7.77. The number of rotatable bonds is 2. The monoisotopic (exact) mass is 330 g/mol. The highest BCUT2D eigenvalue weighted by Gasteiger charge is 2.31. The number of hydrogen-bond acceptors (Lipinski definition) is 4. The van der Waals surface area contributed by atoms with E-state index in [4.69, 9.17) is 4.74 Å². The van der Waals surface area contributed by atoms with Crippen LogP contribution >= 0.6 is 0 Å². The molecule has 0 aliphatic carbocycles. The smallest absolute Gasteiger partial charge is 0.235 e. The number of Topliss-reactive ketones (excluding diaryl/α,β-unsaturated/α-hetero) is 1. The summed E-state index contributed by atoms with van der Waals surface area (Å²) in [5.41, 5.74) is 3.07. The Morgan fingerprint density at radius 2 is 1.52 bits per heavy atom. The molecule has 4 nitrogen and oxygen atoms in total. The molecular formula is C21H14O4. The molecule has 4 rings (SSSR count). The zero-order valence-electron chi connectivity index (χ0n) is 13.1. The van der Waals surface area contributed by atoms with Crippen LogP contribution in [0.4, 0.5) is 0 Å². The Bertz CT molecular complexity index is 986. The molecule has 1 aliphatic rings. The predicted molar refractivity (Wildman–Crippen MR) is 94.6 cm³/mol. The Morgan fingerprint density at radius 1 is 0.840 bits per heavy atom. The van der Waals surface area contributed by atoms with Crippen molar-refractivity contribution in [2.45, 2.75) is 0 Å². The Kier molecular flexibility index (Phi) is 3.51. The molecule has 122 valence electrons. The number of hydrogen-bond donors (Lipinski definition) is 2. The maximum Gasteiger partial charge on any atom is 0.235 e. The molecule has 0 fully saturated rings. The average molecular weight is 330 g/mol. The number of ether oxygens (including phenoxy) is 1. The molecule has 0 amide bonds. The summed E-state index contributed by atoms with van der Waals surface area (Å²) in [5, 5.41) is 19.3. The lowest BCUT2D eigenvalue weighted by Crippen LogP contribution is -1.98. The number of carbonyl (C=O) groups excluding carboxylic acids is 1. The summed E-state index contributed by atoms with van der Waals surface area (Å²) in [5.74, 6) is -0.571. The van der Waals surface area contributed by atoms with Gasteiger partial charge in [-0.05, 0) is 22.8 Å². The van der Waals surface area contributed by atoms with Crippen molar-refractivity contribution in [1.82, 2.24) is 0 Å². The van der Waals surface area contributed by atoms with Gasteiger partial charge in [0.05, 0.1) is 0 Å². The minimum Gasteiger partial charge on any atom is -0.508 e. The van der Waals surface area contributed by atoms with Crippen LogP contribution in [0.1, 0.15) is 15.9 Å². The number of aromatic hydroxyl groups is 2. The molecule has 1 aliphatic heterocycles. The van der Waals surface area contributed by atoms with Crippen molar-refractivity contribution in [1.29, 1.82) is 0 Å². The highest BCUT2D eigenvalue weighted by atomic mass is 16.5. The lowest BCUT2D eigenvalue weighted by Gasteiger charge is -2.03. The first-order chi connectivity index (χ1) is 12.1. The minimum atomic E-state index is -0.403. The van der Waals surface area contributed by atoms with E-state index in [1.54, 1.807) is 6.08 Å². The van der Waals surface area contributed by atoms with Crippen molar-refractivity contribution >= 4 is 11.9 Å². The van der Waals surface area contributed by atoms with Crippen LogP contribution in [0.25, 0.3) is 17.2 Å². The maximum absolute atomic E-state index is 12.4. The summed E-state index contributed by atoms with van der Waals surface area (Å²) in [6, 6.07) is 20.2. The molecule has 0 saturated carbocycles. The Balaban J connectivity index is 1.64. The molecule has 0 atom stereocenters. The van der Waals surface area contributed by atoms with Crippen molar-refractivity contribution < 1.29 is 19.7 Å². The molecule has 25 heavy (non-hydrogen) atoms. The van der Waals surface area contributed by atoms with Gasteiger partial charge in [0.25, 0.3) is 0 Å². The van der Waals surface area contributed by atoms with Crippen LogP contribution in [-0.4, -0.2) is 16.0 Å². The molecule has 0 unspecified atom stereocenters. The third-order valence-electron chi connectivity index (χ3n) is 4.05. The largest absolute Gasteiger partial charge is 0.508 e. The van der Waals surface area contributed by atoms with Crippen LogP contribution in [0.2, 0.25) is 0 Å². The van der Waals surface area contributed by atoms with Crippen LogP contribution in [0, 0.1) is 0 Å². The van der Waals surface area contributed by atoms with Gasteiger partial charge in [0.2, 0.25) is 5.78 Å². The molecule has 0 radical (unpaired) electrons. The summed E-state index contributed by atoms with van der Waals surface area (Å²) in [6.07, 6.45) is 1.62. The molecule has 3 aromatic carbocycles. The first kappa shape index (κ1) is 15.0. The van der Waals surface area contributed by atoms with Crippen LogP contribution < -0.4 is 4.74 Å². The fourth-order valence-corrected chi connectivity index (χ4v) is 2.83. The average Bonchev–Trinajstić information content (AvgIpc) is 2.92. The number of fused-ring (bicyclic) bond motifs is 1. The molecule has 0 aromatic heterocycles. The van der Waals surface area contributed by atoms with E-state index in [1.165, 1.54) is 6.07 Å². The molecule has 3 aromatic rings. The second kappa shape index (κ2) is 5.83. The molecular weight excluding hydrogens is 316 g/mol. The number of allylic oxidation sites excluding steroid dienone is 1. The van der Waals surface area contributed by atoms with E-state index >= 15 is 0 Å². The number of carbonyl (C=O) groups is 1. The van der Waals surface area contributed by atoms with Gasteiger partial charge in [0, 0.05) is 12.1 Å². The van der Waals surface area contributed by atoms with Crippen LogP contribution in [0.15, 0.2) is 72.5 Å². The van der Waals surface area contributed by atoms with E-state index in [2.05, 4.69) is 0 Å². The second-order valence-corrected chi connectivity index (χ2v) is 5.77. The normalized spacial score (nSPS) is 14.4. The fraction of sp³-hybridized carbons (Fsp3) is 0.